The lowest BCUT2D eigenvalue weighted by Crippen LogP contribution is -2.43. The van der Waals surface area contributed by atoms with E-state index < -0.39 is 0 Å². The number of nitrogens with one attached hydrogen (secondary N) is 2. The molecule has 1 aliphatic heterocycles. The zero-order valence-corrected chi connectivity index (χ0v) is 22.6. The van der Waals surface area contributed by atoms with Gasteiger partial charge in [-0.3, -0.25) is 14.7 Å². The number of thiazole rings is 1. The number of aryl methyl sites for hydroxylation is 1. The molecule has 0 spiro atoms. The van der Waals surface area contributed by atoms with E-state index in [1.165, 1.54) is 16.9 Å². The maximum Gasteiger partial charge on any atom is 0.255 e. The quantitative estimate of drug-likeness (QED) is 0.269. The molecule has 0 atom stereocenters. The first-order chi connectivity index (χ1) is 18.5. The van der Waals surface area contributed by atoms with Gasteiger partial charge in [0.1, 0.15) is 0 Å². The third-order valence-electron chi connectivity index (χ3n) is 6.81. The predicted octanol–water partition coefficient (Wildman–Crippen LogP) is 6.19. The number of anilines is 3. The fourth-order valence-electron chi connectivity index (χ4n) is 4.38. The van der Waals surface area contributed by atoms with Crippen LogP contribution in [0.3, 0.4) is 0 Å². The van der Waals surface area contributed by atoms with Crippen LogP contribution in [0.15, 0.2) is 77.1 Å². The minimum atomic E-state index is -0.125. The topological polar surface area (TPSA) is 72.9 Å². The molecule has 1 aliphatic rings. The largest absolute Gasteiger partial charge is 0.331 e. The summed E-state index contributed by atoms with van der Waals surface area (Å²) in [7, 11) is 2.16. The summed E-state index contributed by atoms with van der Waals surface area (Å²) in [5, 5.41) is 9.25. The standard InChI is InChI=1S/C30H32N6OS/c1-21-4-11-26(18-27(21)33-30-34-28(20-38-30)23-9-12-25(31-2)13-10-23)32-29(37)24-7-5-22(6-8-24)19-36-16-14-35(3)15-17-36/h4-13,18,20H,2,14-17,19H2,1,3H3,(H,32,37)(H,33,34). The van der Waals surface area contributed by atoms with Crippen LogP contribution in [0.4, 0.5) is 22.2 Å². The number of amides is 1. The van der Waals surface area contributed by atoms with Crippen molar-refractivity contribution >= 4 is 46.2 Å². The molecule has 1 fully saturated rings. The smallest absolute Gasteiger partial charge is 0.255 e. The molecule has 1 saturated heterocycles. The van der Waals surface area contributed by atoms with Gasteiger partial charge in [0.2, 0.25) is 0 Å². The van der Waals surface area contributed by atoms with E-state index >= 15 is 0 Å². The number of hydrogen-bond acceptors (Lipinski definition) is 7. The number of likely N-dealkylation sites (N-methyl/N-ethyl adjacent to an activating group) is 1. The Kier molecular flexibility index (Phi) is 7.93. The van der Waals surface area contributed by atoms with Crippen LogP contribution in [0, 0.1) is 6.92 Å². The van der Waals surface area contributed by atoms with E-state index in [9.17, 15) is 4.79 Å². The fourth-order valence-corrected chi connectivity index (χ4v) is 5.11. The van der Waals surface area contributed by atoms with E-state index in [2.05, 4.69) is 51.3 Å². The van der Waals surface area contributed by atoms with Crippen LogP contribution in [0.1, 0.15) is 21.5 Å². The van der Waals surface area contributed by atoms with Gasteiger partial charge in [0.05, 0.1) is 11.4 Å². The molecule has 8 heteroatoms. The van der Waals surface area contributed by atoms with Gasteiger partial charge >= 0.3 is 0 Å². The molecule has 2 heterocycles. The lowest BCUT2D eigenvalue weighted by atomic mass is 10.1. The Balaban J connectivity index is 1.21. The number of carbonyl (C=O) groups excluding carboxylic acids is 1. The Morgan fingerprint density at radius 2 is 1.76 bits per heavy atom. The second kappa shape index (κ2) is 11.7. The monoisotopic (exact) mass is 524 g/mol. The molecule has 0 bridgehead atoms. The predicted molar refractivity (Wildman–Crippen MR) is 158 cm³/mol. The molecule has 3 aromatic carbocycles. The second-order valence-corrected chi connectivity index (χ2v) is 10.5. The minimum absolute atomic E-state index is 0.125. The highest BCUT2D eigenvalue weighted by Crippen LogP contribution is 2.30. The number of piperazine rings is 1. The molecule has 4 aromatic rings. The van der Waals surface area contributed by atoms with Crippen LogP contribution < -0.4 is 10.6 Å². The van der Waals surface area contributed by atoms with E-state index in [4.69, 9.17) is 4.98 Å². The fraction of sp³-hybridized carbons (Fsp3) is 0.233. The number of aliphatic imine (C=N–C) groups is 1. The number of carbonyl (C=O) groups is 1. The second-order valence-electron chi connectivity index (χ2n) is 9.63. The zero-order chi connectivity index (χ0) is 26.5. The summed E-state index contributed by atoms with van der Waals surface area (Å²) in [6.07, 6.45) is 0. The van der Waals surface area contributed by atoms with Gasteiger partial charge in [-0.25, -0.2) is 4.98 Å². The number of hydrogen-bond donors (Lipinski definition) is 2. The summed E-state index contributed by atoms with van der Waals surface area (Å²) in [5.74, 6) is -0.125. The van der Waals surface area contributed by atoms with Gasteiger partial charge in [-0.05, 0) is 68.2 Å². The van der Waals surface area contributed by atoms with Crippen molar-refractivity contribution in [1.29, 1.82) is 0 Å². The Morgan fingerprint density at radius 1 is 1.03 bits per heavy atom. The molecular formula is C30H32N6OS. The van der Waals surface area contributed by atoms with Gasteiger partial charge in [0.15, 0.2) is 5.13 Å². The van der Waals surface area contributed by atoms with Crippen LogP contribution in [0.2, 0.25) is 0 Å². The van der Waals surface area contributed by atoms with E-state index in [-0.39, 0.29) is 5.91 Å². The third kappa shape index (κ3) is 6.34. The number of rotatable bonds is 8. The Labute approximate surface area is 227 Å². The average molecular weight is 525 g/mol. The molecule has 194 valence electrons. The summed E-state index contributed by atoms with van der Waals surface area (Å²) in [6.45, 7) is 10.8. The Morgan fingerprint density at radius 3 is 2.47 bits per heavy atom. The molecule has 0 unspecified atom stereocenters. The Bertz CT molecular complexity index is 1410. The molecule has 5 rings (SSSR count). The number of nitrogens with zero attached hydrogens (tertiary/aromatic N) is 4. The van der Waals surface area contributed by atoms with Crippen LogP contribution in [-0.4, -0.2) is 60.6 Å². The number of benzene rings is 3. The first-order valence-electron chi connectivity index (χ1n) is 12.7. The van der Waals surface area contributed by atoms with E-state index in [0.29, 0.717) is 5.56 Å². The van der Waals surface area contributed by atoms with Crippen molar-refractivity contribution in [3.63, 3.8) is 0 Å². The summed E-state index contributed by atoms with van der Waals surface area (Å²) >= 11 is 1.54. The summed E-state index contributed by atoms with van der Waals surface area (Å²) in [4.78, 5) is 26.4. The van der Waals surface area contributed by atoms with Crippen LogP contribution in [-0.2, 0) is 6.54 Å². The van der Waals surface area contributed by atoms with Crippen molar-refractivity contribution < 1.29 is 4.79 Å². The molecule has 1 aromatic heterocycles. The van der Waals surface area contributed by atoms with Gasteiger partial charge in [0, 0.05) is 60.6 Å². The van der Waals surface area contributed by atoms with Gasteiger partial charge in [0.25, 0.3) is 5.91 Å². The normalized spacial score (nSPS) is 14.3. The maximum absolute atomic E-state index is 12.9. The highest BCUT2D eigenvalue weighted by atomic mass is 32.1. The number of aromatic nitrogens is 1. The molecule has 0 saturated carbocycles. The van der Waals surface area contributed by atoms with Gasteiger partial charge in [-0.2, -0.15) is 0 Å². The van der Waals surface area contributed by atoms with Crippen molar-refractivity contribution in [2.45, 2.75) is 13.5 Å². The van der Waals surface area contributed by atoms with Crippen molar-refractivity contribution in [1.82, 2.24) is 14.8 Å². The molecule has 7 nitrogen and oxygen atoms in total. The minimum Gasteiger partial charge on any atom is -0.331 e. The van der Waals surface area contributed by atoms with Crippen LogP contribution in [0.25, 0.3) is 11.3 Å². The molecule has 1 amide bonds. The molecule has 0 aliphatic carbocycles. The van der Waals surface area contributed by atoms with Gasteiger partial charge in [-0.1, -0.05) is 30.3 Å². The summed E-state index contributed by atoms with van der Waals surface area (Å²) in [6, 6.07) is 21.6. The lowest BCUT2D eigenvalue weighted by Gasteiger charge is -2.32. The maximum atomic E-state index is 12.9. The third-order valence-corrected chi connectivity index (χ3v) is 7.56. The van der Waals surface area contributed by atoms with Crippen molar-refractivity contribution in [2.75, 3.05) is 43.9 Å². The molecule has 2 N–H and O–H groups in total. The molecule has 38 heavy (non-hydrogen) atoms. The van der Waals surface area contributed by atoms with E-state index in [1.54, 1.807) is 0 Å². The van der Waals surface area contributed by atoms with E-state index in [0.717, 1.165) is 71.7 Å². The van der Waals surface area contributed by atoms with Crippen molar-refractivity contribution in [3.8, 4) is 11.3 Å². The highest BCUT2D eigenvalue weighted by molar-refractivity contribution is 7.14. The van der Waals surface area contributed by atoms with Crippen molar-refractivity contribution in [3.05, 3.63) is 88.8 Å². The highest BCUT2D eigenvalue weighted by Gasteiger charge is 2.14. The zero-order valence-electron chi connectivity index (χ0n) is 21.8. The summed E-state index contributed by atoms with van der Waals surface area (Å²) < 4.78 is 0. The van der Waals surface area contributed by atoms with Crippen LogP contribution in [0.5, 0.6) is 0 Å². The van der Waals surface area contributed by atoms with Crippen molar-refractivity contribution in [2.24, 2.45) is 4.99 Å². The van der Waals surface area contributed by atoms with Gasteiger partial charge < -0.3 is 15.5 Å². The van der Waals surface area contributed by atoms with Crippen LogP contribution >= 0.6 is 11.3 Å². The average Bonchev–Trinajstić information content (AvgIpc) is 3.41. The van der Waals surface area contributed by atoms with E-state index in [1.807, 2.05) is 66.9 Å². The van der Waals surface area contributed by atoms with Gasteiger partial charge in [-0.15, -0.1) is 11.3 Å². The first-order valence-corrected chi connectivity index (χ1v) is 13.6. The Hall–Kier alpha value is -3.85. The molecule has 0 radical (unpaired) electrons. The lowest BCUT2D eigenvalue weighted by molar-refractivity contribution is 0.102. The molecular weight excluding hydrogens is 492 g/mol. The first kappa shape index (κ1) is 25.8. The summed E-state index contributed by atoms with van der Waals surface area (Å²) in [5.41, 5.74) is 7.31. The SMILES string of the molecule is C=Nc1ccc(-c2csc(Nc3cc(NC(=O)c4ccc(CN5CCN(C)CC5)cc4)ccc3C)n2)cc1.